The van der Waals surface area contributed by atoms with Crippen LogP contribution in [-0.2, 0) is 15.7 Å². The third-order valence-electron chi connectivity index (χ3n) is 6.17. The van der Waals surface area contributed by atoms with Crippen molar-refractivity contribution < 1.29 is 27.5 Å². The van der Waals surface area contributed by atoms with Gasteiger partial charge in [-0.1, -0.05) is 12.1 Å². The molecule has 0 bridgehead atoms. The lowest BCUT2D eigenvalue weighted by atomic mass is 9.98. The van der Waals surface area contributed by atoms with Crippen LogP contribution in [0.4, 0.5) is 24.5 Å². The van der Waals surface area contributed by atoms with Gasteiger partial charge in [0, 0.05) is 29.3 Å². The molecule has 1 amide bonds. The number of para-hydroxylation sites is 1. The van der Waals surface area contributed by atoms with Gasteiger partial charge in [0.1, 0.15) is 11.1 Å². The fourth-order valence-electron chi connectivity index (χ4n) is 4.38. The number of alkyl halides is 3. The Morgan fingerprint density at radius 3 is 2.62 bits per heavy atom. The van der Waals surface area contributed by atoms with Crippen molar-refractivity contribution in [3.8, 4) is 0 Å². The van der Waals surface area contributed by atoms with Gasteiger partial charge in [0.2, 0.25) is 5.43 Å². The number of fused-ring (bicyclic) bond motifs is 1. The van der Waals surface area contributed by atoms with Crippen LogP contribution in [0.25, 0.3) is 10.9 Å². The molecule has 0 saturated carbocycles. The zero-order valence-electron chi connectivity index (χ0n) is 18.5. The number of nitrogens with one attached hydrogen (secondary N) is 2. The molecule has 1 aliphatic heterocycles. The van der Waals surface area contributed by atoms with Crippen molar-refractivity contribution >= 4 is 34.2 Å². The lowest BCUT2D eigenvalue weighted by Gasteiger charge is -2.34. The molecule has 3 aromatic rings. The minimum Gasteiger partial charge on any atom is -0.467 e. The number of pyridine rings is 1. The summed E-state index contributed by atoms with van der Waals surface area (Å²) >= 11 is 0. The van der Waals surface area contributed by atoms with Crippen LogP contribution in [0.1, 0.15) is 35.7 Å². The summed E-state index contributed by atoms with van der Waals surface area (Å²) in [6, 6.07) is 9.94. The fraction of sp³-hybridized carbons (Fsp3) is 0.292. The predicted molar refractivity (Wildman–Crippen MR) is 121 cm³/mol. The van der Waals surface area contributed by atoms with E-state index >= 15 is 0 Å². The minimum atomic E-state index is -4.80. The molecule has 178 valence electrons. The van der Waals surface area contributed by atoms with Crippen LogP contribution in [0.2, 0.25) is 0 Å². The Morgan fingerprint density at radius 2 is 1.91 bits per heavy atom. The second-order valence-corrected chi connectivity index (χ2v) is 8.28. The first-order valence-corrected chi connectivity index (χ1v) is 10.6. The van der Waals surface area contributed by atoms with Gasteiger partial charge in [-0.25, -0.2) is 4.79 Å². The number of hydrogen-bond acceptors (Lipinski definition) is 5. The lowest BCUT2D eigenvalue weighted by molar-refractivity contribution is -0.146. The number of rotatable bonds is 4. The second-order valence-electron chi connectivity index (χ2n) is 8.28. The van der Waals surface area contributed by atoms with Gasteiger partial charge in [-0.3, -0.25) is 9.59 Å². The third kappa shape index (κ3) is 4.00. The van der Waals surface area contributed by atoms with Crippen LogP contribution < -0.4 is 15.6 Å². The Labute approximate surface area is 192 Å². The van der Waals surface area contributed by atoms with E-state index in [0.29, 0.717) is 24.9 Å². The zero-order chi connectivity index (χ0) is 24.7. The Bertz CT molecular complexity index is 1340. The highest BCUT2D eigenvalue weighted by atomic mass is 19.4. The van der Waals surface area contributed by atoms with Gasteiger partial charge in [0.25, 0.3) is 5.91 Å². The van der Waals surface area contributed by atoms with Crippen molar-refractivity contribution in [2.75, 3.05) is 23.9 Å². The highest BCUT2D eigenvalue weighted by molar-refractivity contribution is 6.06. The molecule has 2 heterocycles. The van der Waals surface area contributed by atoms with E-state index in [4.69, 9.17) is 4.74 Å². The van der Waals surface area contributed by atoms with Crippen LogP contribution in [0.5, 0.6) is 0 Å². The molecule has 10 heteroatoms. The topological polar surface area (TPSA) is 91.5 Å². The van der Waals surface area contributed by atoms with Gasteiger partial charge in [0.05, 0.1) is 18.4 Å². The summed E-state index contributed by atoms with van der Waals surface area (Å²) in [6.45, 7) is 2.00. The molecule has 1 aliphatic rings. The number of hydrogen-bond donors (Lipinski definition) is 2. The summed E-state index contributed by atoms with van der Waals surface area (Å²) in [6.07, 6.45) is -2.58. The molecule has 4 rings (SSSR count). The van der Waals surface area contributed by atoms with E-state index < -0.39 is 40.3 Å². The first kappa shape index (κ1) is 23.3. The molecule has 1 fully saturated rings. The summed E-state index contributed by atoms with van der Waals surface area (Å²) in [5.74, 6) is -1.50. The predicted octanol–water partition coefficient (Wildman–Crippen LogP) is 4.33. The molecule has 7 nitrogen and oxygen atoms in total. The summed E-state index contributed by atoms with van der Waals surface area (Å²) in [7, 11) is 1.23. The van der Waals surface area contributed by atoms with Crippen molar-refractivity contribution in [3.05, 3.63) is 70.0 Å². The molecule has 1 saturated heterocycles. The number of halogens is 3. The SMILES string of the molecule is COC(=O)[C@]1(C)CCCN1c1ccc(NC(=O)c2c[nH]c3ccccc3c2=O)c(C(F)(F)F)c1. The molecule has 2 aromatic carbocycles. The van der Waals surface area contributed by atoms with Gasteiger partial charge in [-0.05, 0) is 50.1 Å². The first-order valence-electron chi connectivity index (χ1n) is 10.6. The Hall–Kier alpha value is -3.82. The molecular formula is C24H22F3N3O4. The Kier molecular flexibility index (Phi) is 5.84. The van der Waals surface area contributed by atoms with Crippen molar-refractivity contribution in [1.29, 1.82) is 0 Å². The van der Waals surface area contributed by atoms with E-state index in [1.54, 1.807) is 30.0 Å². The molecule has 34 heavy (non-hydrogen) atoms. The average molecular weight is 473 g/mol. The number of H-pyrrole nitrogens is 1. The number of aromatic amines is 1. The number of esters is 1. The van der Waals surface area contributed by atoms with Gasteiger partial charge >= 0.3 is 12.1 Å². The molecular weight excluding hydrogens is 451 g/mol. The summed E-state index contributed by atoms with van der Waals surface area (Å²) in [4.78, 5) is 42.1. The number of anilines is 2. The summed E-state index contributed by atoms with van der Waals surface area (Å²) < 4.78 is 46.7. The third-order valence-corrected chi connectivity index (χ3v) is 6.17. The van der Waals surface area contributed by atoms with E-state index in [1.807, 2.05) is 0 Å². The highest BCUT2D eigenvalue weighted by Gasteiger charge is 2.45. The largest absolute Gasteiger partial charge is 0.467 e. The van der Waals surface area contributed by atoms with Crippen molar-refractivity contribution in [1.82, 2.24) is 4.98 Å². The minimum absolute atomic E-state index is 0.180. The van der Waals surface area contributed by atoms with Crippen molar-refractivity contribution in [2.24, 2.45) is 0 Å². The number of ether oxygens (including phenoxy) is 1. The van der Waals surface area contributed by atoms with E-state index in [0.717, 1.165) is 12.1 Å². The van der Waals surface area contributed by atoms with Gasteiger partial charge in [-0.2, -0.15) is 13.2 Å². The zero-order valence-corrected chi connectivity index (χ0v) is 18.5. The number of aromatic nitrogens is 1. The summed E-state index contributed by atoms with van der Waals surface area (Å²) in [5, 5.41) is 2.47. The van der Waals surface area contributed by atoms with E-state index in [1.165, 1.54) is 25.4 Å². The standard InChI is InChI=1S/C24H22F3N3O4/c1-23(22(33)34-2)10-5-11-30(23)14-8-9-19(17(12-14)24(25,26)27)29-21(32)16-13-28-18-7-4-3-6-15(18)20(16)31/h3-4,6-9,12-13H,5,10-11H2,1-2H3,(H,28,31)(H,29,32)/t23-/m0/s1. The van der Waals surface area contributed by atoms with Gasteiger partial charge < -0.3 is 19.9 Å². The maximum atomic E-state index is 13.9. The van der Waals surface area contributed by atoms with Gasteiger partial charge in [0.15, 0.2) is 0 Å². The van der Waals surface area contributed by atoms with Gasteiger partial charge in [-0.15, -0.1) is 0 Å². The first-order chi connectivity index (χ1) is 16.1. The van der Waals surface area contributed by atoms with Crippen LogP contribution in [0.15, 0.2) is 53.5 Å². The number of nitrogens with zero attached hydrogens (tertiary/aromatic N) is 1. The van der Waals surface area contributed by atoms with Crippen LogP contribution in [0.3, 0.4) is 0 Å². The lowest BCUT2D eigenvalue weighted by Crippen LogP contribution is -2.49. The Morgan fingerprint density at radius 1 is 1.18 bits per heavy atom. The molecule has 0 aliphatic carbocycles. The van der Waals surface area contributed by atoms with E-state index in [-0.39, 0.29) is 16.6 Å². The number of methoxy groups -OCH3 is 1. The molecule has 0 radical (unpaired) electrons. The molecule has 0 unspecified atom stereocenters. The van der Waals surface area contributed by atoms with Crippen LogP contribution in [-0.4, -0.2) is 36.1 Å². The Balaban J connectivity index is 1.71. The fourth-order valence-corrected chi connectivity index (χ4v) is 4.38. The maximum Gasteiger partial charge on any atom is 0.418 e. The molecule has 0 spiro atoms. The number of carbonyl (C=O) groups is 2. The monoisotopic (exact) mass is 473 g/mol. The molecule has 1 aromatic heterocycles. The van der Waals surface area contributed by atoms with Crippen molar-refractivity contribution in [3.63, 3.8) is 0 Å². The van der Waals surface area contributed by atoms with Crippen molar-refractivity contribution in [2.45, 2.75) is 31.5 Å². The maximum absolute atomic E-state index is 13.9. The number of benzene rings is 2. The van der Waals surface area contributed by atoms with E-state index in [2.05, 4.69) is 10.3 Å². The van der Waals surface area contributed by atoms with Crippen LogP contribution >= 0.6 is 0 Å². The number of carbonyl (C=O) groups excluding carboxylic acids is 2. The second kappa shape index (κ2) is 8.51. The molecule has 2 N–H and O–H groups in total. The molecule has 1 atom stereocenters. The summed E-state index contributed by atoms with van der Waals surface area (Å²) in [5.41, 5.74) is -2.90. The van der Waals surface area contributed by atoms with E-state index in [9.17, 15) is 27.6 Å². The highest BCUT2D eigenvalue weighted by Crippen LogP contribution is 2.41. The quantitative estimate of drug-likeness (QED) is 0.551. The smallest absolute Gasteiger partial charge is 0.418 e. The normalized spacial score (nSPS) is 18.2. The van der Waals surface area contributed by atoms with Crippen LogP contribution in [0, 0.1) is 0 Å². The average Bonchev–Trinajstić information content (AvgIpc) is 3.21. The number of amides is 1.